The number of nitrogens with one attached hydrogen (secondary N) is 1. The highest BCUT2D eigenvalue weighted by Gasteiger charge is 2.16. The molecule has 0 radical (unpaired) electrons. The van der Waals surface area contributed by atoms with Crippen LogP contribution in [0.15, 0.2) is 53.1 Å². The second-order valence-electron chi connectivity index (χ2n) is 4.83. The Morgan fingerprint density at radius 1 is 1.17 bits per heavy atom. The number of hydrogen-bond donors (Lipinski definition) is 2. The van der Waals surface area contributed by atoms with E-state index in [0.29, 0.717) is 30.4 Å². The molecule has 0 unspecified atom stereocenters. The molecule has 0 aliphatic rings. The lowest BCUT2D eigenvalue weighted by Gasteiger charge is -2.11. The van der Waals surface area contributed by atoms with Crippen molar-refractivity contribution in [3.05, 3.63) is 54.3 Å². The molecule has 7 heteroatoms. The van der Waals surface area contributed by atoms with Gasteiger partial charge in [0.1, 0.15) is 29.7 Å². The molecule has 0 spiro atoms. The molecule has 0 atom stereocenters. The van der Waals surface area contributed by atoms with Crippen molar-refractivity contribution in [2.24, 2.45) is 0 Å². The number of rotatable bonds is 6. The molecule has 0 saturated carbocycles. The lowest BCUT2D eigenvalue weighted by Crippen LogP contribution is -2.15. The summed E-state index contributed by atoms with van der Waals surface area (Å²) < 4.78 is 10.9. The number of anilines is 2. The van der Waals surface area contributed by atoms with E-state index in [-0.39, 0.29) is 11.5 Å². The summed E-state index contributed by atoms with van der Waals surface area (Å²) in [6.45, 7) is 0.868. The van der Waals surface area contributed by atoms with E-state index in [1.807, 2.05) is 30.3 Å². The van der Waals surface area contributed by atoms with Crippen molar-refractivity contribution >= 4 is 11.8 Å². The quantitative estimate of drug-likeness (QED) is 0.671. The van der Waals surface area contributed by atoms with Gasteiger partial charge in [-0.2, -0.15) is 10.2 Å². The van der Waals surface area contributed by atoms with Gasteiger partial charge in [0.2, 0.25) is 5.95 Å². The van der Waals surface area contributed by atoms with E-state index in [4.69, 9.17) is 14.9 Å². The van der Waals surface area contributed by atoms with Crippen LogP contribution in [0, 0.1) is 11.3 Å². The highest BCUT2D eigenvalue weighted by Crippen LogP contribution is 2.26. The molecule has 0 amide bonds. The van der Waals surface area contributed by atoms with E-state index in [1.165, 1.54) is 6.26 Å². The van der Waals surface area contributed by atoms with Crippen molar-refractivity contribution in [2.45, 2.75) is 0 Å². The third-order valence-electron chi connectivity index (χ3n) is 3.20. The summed E-state index contributed by atoms with van der Waals surface area (Å²) in [6.07, 6.45) is 1.51. The Bertz CT molecular complexity index is 841. The first kappa shape index (κ1) is 15.4. The van der Waals surface area contributed by atoms with Gasteiger partial charge in [0.15, 0.2) is 11.6 Å². The number of aromatic nitrogens is 2. The first-order valence-corrected chi connectivity index (χ1v) is 7.31. The average Bonchev–Trinajstić information content (AvgIpc) is 3.13. The largest absolute Gasteiger partial charge is 0.492 e. The normalized spacial score (nSPS) is 10.1. The monoisotopic (exact) mass is 321 g/mol. The minimum atomic E-state index is 0.0619. The Morgan fingerprint density at radius 3 is 2.71 bits per heavy atom. The van der Waals surface area contributed by atoms with E-state index in [1.54, 1.807) is 12.1 Å². The molecular weight excluding hydrogens is 306 g/mol. The molecule has 3 aromatic rings. The van der Waals surface area contributed by atoms with Crippen molar-refractivity contribution in [2.75, 3.05) is 24.2 Å². The van der Waals surface area contributed by atoms with Crippen molar-refractivity contribution in [1.29, 1.82) is 5.26 Å². The minimum Gasteiger partial charge on any atom is -0.492 e. The zero-order valence-electron chi connectivity index (χ0n) is 12.8. The third-order valence-corrected chi connectivity index (χ3v) is 3.20. The summed E-state index contributed by atoms with van der Waals surface area (Å²) >= 11 is 0. The first-order valence-electron chi connectivity index (χ1n) is 7.31. The van der Waals surface area contributed by atoms with Gasteiger partial charge < -0.3 is 20.2 Å². The molecule has 3 N–H and O–H groups in total. The van der Waals surface area contributed by atoms with Gasteiger partial charge >= 0.3 is 0 Å². The Kier molecular flexibility index (Phi) is 4.58. The Labute approximate surface area is 138 Å². The van der Waals surface area contributed by atoms with E-state index >= 15 is 0 Å². The molecule has 0 fully saturated rings. The summed E-state index contributed by atoms with van der Waals surface area (Å²) in [5.74, 6) is 1.66. The fourth-order valence-corrected chi connectivity index (χ4v) is 2.16. The second kappa shape index (κ2) is 7.15. The molecular formula is C17H15N5O2. The number of furan rings is 1. The predicted octanol–water partition coefficient (Wildman–Crippen LogP) is 2.68. The number of benzene rings is 1. The molecule has 120 valence electrons. The topological polar surface area (TPSA) is 110 Å². The van der Waals surface area contributed by atoms with Gasteiger partial charge in [0.25, 0.3) is 0 Å². The molecule has 24 heavy (non-hydrogen) atoms. The van der Waals surface area contributed by atoms with Crippen LogP contribution in [0.3, 0.4) is 0 Å². The third kappa shape index (κ3) is 3.44. The van der Waals surface area contributed by atoms with Gasteiger partial charge in [-0.1, -0.05) is 18.2 Å². The maximum absolute atomic E-state index is 9.44. The average molecular weight is 321 g/mol. The van der Waals surface area contributed by atoms with Gasteiger partial charge in [0.05, 0.1) is 12.8 Å². The van der Waals surface area contributed by atoms with Gasteiger partial charge in [-0.25, -0.2) is 4.98 Å². The molecule has 3 rings (SSSR count). The van der Waals surface area contributed by atoms with Crippen LogP contribution in [-0.4, -0.2) is 23.1 Å². The van der Waals surface area contributed by atoms with Crippen molar-refractivity contribution < 1.29 is 9.15 Å². The lowest BCUT2D eigenvalue weighted by molar-refractivity contribution is 0.333. The van der Waals surface area contributed by atoms with E-state index < -0.39 is 0 Å². The number of para-hydroxylation sites is 1. The molecule has 0 saturated heterocycles. The molecule has 0 bridgehead atoms. The molecule has 7 nitrogen and oxygen atoms in total. The molecule has 0 aliphatic heterocycles. The summed E-state index contributed by atoms with van der Waals surface area (Å²) in [5.41, 5.74) is 6.38. The van der Waals surface area contributed by atoms with E-state index in [0.717, 1.165) is 5.75 Å². The molecule has 0 aliphatic carbocycles. The summed E-state index contributed by atoms with van der Waals surface area (Å²) in [5, 5.41) is 12.5. The zero-order chi connectivity index (χ0) is 16.8. The second-order valence-corrected chi connectivity index (χ2v) is 4.83. The summed E-state index contributed by atoms with van der Waals surface area (Å²) in [4.78, 5) is 8.20. The van der Waals surface area contributed by atoms with Crippen LogP contribution in [0.2, 0.25) is 0 Å². The van der Waals surface area contributed by atoms with Crippen LogP contribution >= 0.6 is 0 Å². The standard InChI is InChI=1S/C17H15N5O2/c18-11-13-15(14-7-4-9-24-14)21-17(19)22-16(13)20-8-10-23-12-5-2-1-3-6-12/h1-7,9H,8,10H2,(H3,19,20,21,22). The highest BCUT2D eigenvalue weighted by molar-refractivity contribution is 5.71. The maximum atomic E-state index is 9.44. The van der Waals surface area contributed by atoms with Crippen molar-refractivity contribution in [3.8, 4) is 23.3 Å². The number of ether oxygens (including phenoxy) is 1. The SMILES string of the molecule is N#Cc1c(NCCOc2ccccc2)nc(N)nc1-c1ccco1. The van der Waals surface area contributed by atoms with Crippen molar-refractivity contribution in [3.63, 3.8) is 0 Å². The number of nitrogen functional groups attached to an aromatic ring is 1. The number of nitrogens with two attached hydrogens (primary N) is 1. The molecule has 2 heterocycles. The van der Waals surface area contributed by atoms with E-state index in [2.05, 4.69) is 21.4 Å². The van der Waals surface area contributed by atoms with Crippen LogP contribution in [-0.2, 0) is 0 Å². The van der Waals surface area contributed by atoms with Gasteiger partial charge in [0, 0.05) is 0 Å². The van der Waals surface area contributed by atoms with Crippen molar-refractivity contribution in [1.82, 2.24) is 9.97 Å². The fourth-order valence-electron chi connectivity index (χ4n) is 2.16. The Morgan fingerprint density at radius 2 is 2.00 bits per heavy atom. The lowest BCUT2D eigenvalue weighted by atomic mass is 10.2. The summed E-state index contributed by atoms with van der Waals surface area (Å²) in [7, 11) is 0. The van der Waals surface area contributed by atoms with Crippen LogP contribution in [0.4, 0.5) is 11.8 Å². The summed E-state index contributed by atoms with van der Waals surface area (Å²) in [6, 6.07) is 15.0. The highest BCUT2D eigenvalue weighted by atomic mass is 16.5. The molecule has 2 aromatic heterocycles. The predicted molar refractivity (Wildman–Crippen MR) is 89.3 cm³/mol. The maximum Gasteiger partial charge on any atom is 0.222 e. The number of nitrogens with zero attached hydrogens (tertiary/aromatic N) is 3. The smallest absolute Gasteiger partial charge is 0.222 e. The zero-order valence-corrected chi connectivity index (χ0v) is 12.8. The number of hydrogen-bond acceptors (Lipinski definition) is 7. The fraction of sp³-hybridized carbons (Fsp3) is 0.118. The van der Waals surface area contributed by atoms with Gasteiger partial charge in [-0.3, -0.25) is 0 Å². The van der Waals surface area contributed by atoms with Crippen LogP contribution in [0.25, 0.3) is 11.5 Å². The minimum absolute atomic E-state index is 0.0619. The van der Waals surface area contributed by atoms with Gasteiger partial charge in [-0.15, -0.1) is 0 Å². The van der Waals surface area contributed by atoms with Gasteiger partial charge in [-0.05, 0) is 24.3 Å². The first-order chi connectivity index (χ1) is 11.8. The Hall–Kier alpha value is -3.53. The van der Waals surface area contributed by atoms with Crippen LogP contribution < -0.4 is 15.8 Å². The number of nitriles is 1. The van der Waals surface area contributed by atoms with Crippen LogP contribution in [0.1, 0.15) is 5.56 Å². The molecule has 1 aromatic carbocycles. The Balaban J connectivity index is 1.72. The van der Waals surface area contributed by atoms with E-state index in [9.17, 15) is 5.26 Å². The van der Waals surface area contributed by atoms with Crippen LogP contribution in [0.5, 0.6) is 5.75 Å².